The van der Waals surface area contributed by atoms with Crippen molar-refractivity contribution < 1.29 is 4.74 Å². The van der Waals surface area contributed by atoms with E-state index in [1.54, 1.807) is 7.11 Å². The third kappa shape index (κ3) is 7.07. The number of benzene rings is 3. The van der Waals surface area contributed by atoms with E-state index < -0.39 is 0 Å². The molecule has 6 nitrogen and oxygen atoms in total. The van der Waals surface area contributed by atoms with Gasteiger partial charge in [0.15, 0.2) is 0 Å². The fraction of sp³-hybridized carbons (Fsp3) is 0.438. The van der Waals surface area contributed by atoms with Crippen LogP contribution in [0.15, 0.2) is 72.8 Å². The summed E-state index contributed by atoms with van der Waals surface area (Å²) in [6.07, 6.45) is 0. The number of nitrogens with zero attached hydrogens (tertiary/aromatic N) is 5. The highest BCUT2D eigenvalue weighted by Gasteiger charge is 2.17. The van der Waals surface area contributed by atoms with Crippen LogP contribution < -0.4 is 14.5 Å². The Balaban J connectivity index is 1.33. The number of likely N-dealkylation sites (N-methyl/N-ethyl adjacent to an activating group) is 2. The van der Waals surface area contributed by atoms with Crippen molar-refractivity contribution in [2.24, 2.45) is 0 Å². The van der Waals surface area contributed by atoms with Gasteiger partial charge in [-0.2, -0.15) is 0 Å². The Kier molecular flexibility index (Phi) is 8.84. The van der Waals surface area contributed by atoms with Crippen molar-refractivity contribution >= 4 is 11.4 Å². The van der Waals surface area contributed by atoms with E-state index in [1.165, 1.54) is 28.1 Å². The van der Waals surface area contributed by atoms with Crippen molar-refractivity contribution in [2.75, 3.05) is 83.4 Å². The van der Waals surface area contributed by atoms with Gasteiger partial charge < -0.3 is 24.3 Å². The summed E-state index contributed by atoms with van der Waals surface area (Å²) in [5, 5.41) is 0. The molecule has 0 bridgehead atoms. The molecular weight excluding hydrogens is 470 g/mol. The van der Waals surface area contributed by atoms with E-state index in [9.17, 15) is 0 Å². The Hall–Kier alpha value is -3.06. The van der Waals surface area contributed by atoms with Crippen LogP contribution in [0.5, 0.6) is 5.75 Å². The topological polar surface area (TPSA) is 25.4 Å². The van der Waals surface area contributed by atoms with Crippen molar-refractivity contribution in [1.82, 2.24) is 14.7 Å². The summed E-state index contributed by atoms with van der Waals surface area (Å²) >= 11 is 0. The zero-order chi connectivity index (χ0) is 26.3. The number of piperazine rings is 2. The highest BCUT2D eigenvalue weighted by atomic mass is 16.5. The lowest BCUT2D eigenvalue weighted by atomic mass is 10.1. The minimum atomic E-state index is 0.827. The second-order valence-electron chi connectivity index (χ2n) is 10.9. The standard InChI is InChI=1S/C32H43N5O/c1-33-14-18-35(19-15-33)24-27-10-12-30(13-11-27)37(26-29-7-5-9-32(23-29)38-3)25-28-6-4-8-31(22-28)36-20-16-34(2)17-21-36/h4-13,22-23H,14-21,24-26H2,1-3H3. The number of anilines is 2. The highest BCUT2D eigenvalue weighted by Crippen LogP contribution is 2.25. The molecule has 3 aromatic carbocycles. The van der Waals surface area contributed by atoms with E-state index in [0.717, 1.165) is 77.7 Å². The molecule has 0 N–H and O–H groups in total. The average molecular weight is 514 g/mol. The predicted molar refractivity (Wildman–Crippen MR) is 158 cm³/mol. The van der Waals surface area contributed by atoms with Gasteiger partial charge in [-0.3, -0.25) is 4.90 Å². The molecule has 0 aliphatic carbocycles. The zero-order valence-electron chi connectivity index (χ0n) is 23.4. The normalized spacial score (nSPS) is 17.5. The SMILES string of the molecule is COc1cccc(CN(Cc2cccc(N3CCN(C)CC3)c2)c2ccc(CN3CCN(C)CC3)cc2)c1. The van der Waals surface area contributed by atoms with Crippen LogP contribution >= 0.6 is 0 Å². The van der Waals surface area contributed by atoms with Gasteiger partial charge in [-0.1, -0.05) is 36.4 Å². The summed E-state index contributed by atoms with van der Waals surface area (Å²) in [6, 6.07) is 26.8. The molecule has 0 amide bonds. The molecule has 3 aromatic rings. The highest BCUT2D eigenvalue weighted by molar-refractivity contribution is 5.53. The molecule has 2 saturated heterocycles. The van der Waals surface area contributed by atoms with Crippen molar-refractivity contribution in [1.29, 1.82) is 0 Å². The third-order valence-electron chi connectivity index (χ3n) is 7.96. The van der Waals surface area contributed by atoms with Gasteiger partial charge in [0.2, 0.25) is 0 Å². The predicted octanol–water partition coefficient (Wildman–Crippen LogP) is 4.40. The maximum absolute atomic E-state index is 5.51. The summed E-state index contributed by atoms with van der Waals surface area (Å²) in [6.45, 7) is 11.7. The molecular formula is C32H43N5O. The van der Waals surface area contributed by atoms with E-state index in [1.807, 2.05) is 6.07 Å². The fourth-order valence-corrected chi connectivity index (χ4v) is 5.44. The van der Waals surface area contributed by atoms with Crippen LogP contribution in [0.2, 0.25) is 0 Å². The summed E-state index contributed by atoms with van der Waals surface area (Å²) in [5.74, 6) is 0.905. The van der Waals surface area contributed by atoms with Crippen LogP contribution in [0.3, 0.4) is 0 Å². The molecule has 0 aromatic heterocycles. The summed E-state index contributed by atoms with van der Waals surface area (Å²) in [5.41, 5.74) is 6.56. The Morgan fingerprint density at radius 2 is 1.26 bits per heavy atom. The minimum Gasteiger partial charge on any atom is -0.497 e. The third-order valence-corrected chi connectivity index (χ3v) is 7.96. The molecule has 0 atom stereocenters. The van der Waals surface area contributed by atoms with Gasteiger partial charge >= 0.3 is 0 Å². The molecule has 202 valence electrons. The number of methoxy groups -OCH3 is 1. The lowest BCUT2D eigenvalue weighted by Crippen LogP contribution is -2.44. The molecule has 2 aliphatic rings. The van der Waals surface area contributed by atoms with Gasteiger partial charge in [-0.05, 0) is 67.2 Å². The van der Waals surface area contributed by atoms with Gasteiger partial charge in [-0.25, -0.2) is 0 Å². The zero-order valence-corrected chi connectivity index (χ0v) is 23.4. The Labute approximate surface area is 229 Å². The fourth-order valence-electron chi connectivity index (χ4n) is 5.44. The van der Waals surface area contributed by atoms with Crippen LogP contribution in [-0.4, -0.2) is 88.3 Å². The molecule has 6 heteroatoms. The second kappa shape index (κ2) is 12.7. The maximum atomic E-state index is 5.51. The average Bonchev–Trinajstić information content (AvgIpc) is 2.95. The van der Waals surface area contributed by atoms with E-state index in [0.29, 0.717) is 0 Å². The lowest BCUT2D eigenvalue weighted by molar-refractivity contribution is 0.148. The molecule has 2 heterocycles. The molecule has 0 radical (unpaired) electrons. The molecule has 0 spiro atoms. The van der Waals surface area contributed by atoms with Crippen molar-refractivity contribution in [3.63, 3.8) is 0 Å². The molecule has 0 saturated carbocycles. The van der Waals surface area contributed by atoms with E-state index >= 15 is 0 Å². The summed E-state index contributed by atoms with van der Waals surface area (Å²) in [7, 11) is 6.16. The Morgan fingerprint density at radius 3 is 1.92 bits per heavy atom. The quantitative estimate of drug-likeness (QED) is 0.421. The first-order valence-electron chi connectivity index (χ1n) is 14.0. The van der Waals surface area contributed by atoms with E-state index in [2.05, 4.69) is 105 Å². The van der Waals surface area contributed by atoms with Gasteiger partial charge in [0.05, 0.1) is 7.11 Å². The van der Waals surface area contributed by atoms with Gasteiger partial charge in [0.25, 0.3) is 0 Å². The van der Waals surface area contributed by atoms with Gasteiger partial charge in [-0.15, -0.1) is 0 Å². The van der Waals surface area contributed by atoms with Crippen LogP contribution in [0, 0.1) is 0 Å². The van der Waals surface area contributed by atoms with Crippen LogP contribution in [-0.2, 0) is 19.6 Å². The monoisotopic (exact) mass is 513 g/mol. The lowest BCUT2D eigenvalue weighted by Gasteiger charge is -2.34. The largest absolute Gasteiger partial charge is 0.497 e. The van der Waals surface area contributed by atoms with Crippen LogP contribution in [0.25, 0.3) is 0 Å². The van der Waals surface area contributed by atoms with Crippen molar-refractivity contribution in [2.45, 2.75) is 19.6 Å². The second-order valence-corrected chi connectivity index (χ2v) is 10.9. The Morgan fingerprint density at radius 1 is 0.658 bits per heavy atom. The minimum absolute atomic E-state index is 0.827. The number of ether oxygens (including phenoxy) is 1. The number of hydrogen-bond acceptors (Lipinski definition) is 6. The van der Waals surface area contributed by atoms with Crippen molar-refractivity contribution in [3.8, 4) is 5.75 Å². The van der Waals surface area contributed by atoms with Crippen LogP contribution in [0.1, 0.15) is 16.7 Å². The van der Waals surface area contributed by atoms with Gasteiger partial charge in [0.1, 0.15) is 5.75 Å². The summed E-state index contributed by atoms with van der Waals surface area (Å²) in [4.78, 5) is 12.4. The Bertz CT molecular complexity index is 1150. The maximum Gasteiger partial charge on any atom is 0.119 e. The molecule has 2 fully saturated rings. The van der Waals surface area contributed by atoms with Gasteiger partial charge in [0, 0.05) is 83.4 Å². The van der Waals surface area contributed by atoms with Crippen molar-refractivity contribution in [3.05, 3.63) is 89.5 Å². The molecule has 38 heavy (non-hydrogen) atoms. The van der Waals surface area contributed by atoms with E-state index in [-0.39, 0.29) is 0 Å². The molecule has 5 rings (SSSR count). The molecule has 0 unspecified atom stereocenters. The molecule has 2 aliphatic heterocycles. The number of hydrogen-bond donors (Lipinski definition) is 0. The first-order chi connectivity index (χ1) is 18.6. The van der Waals surface area contributed by atoms with E-state index in [4.69, 9.17) is 4.74 Å². The smallest absolute Gasteiger partial charge is 0.119 e. The number of rotatable bonds is 9. The first-order valence-corrected chi connectivity index (χ1v) is 14.0. The summed E-state index contributed by atoms with van der Waals surface area (Å²) < 4.78 is 5.51. The van der Waals surface area contributed by atoms with Crippen LogP contribution in [0.4, 0.5) is 11.4 Å². The first kappa shape index (κ1) is 26.5.